The van der Waals surface area contributed by atoms with Crippen molar-refractivity contribution in [3.8, 4) is 0 Å². The summed E-state index contributed by atoms with van der Waals surface area (Å²) >= 11 is 3.41. The Balaban J connectivity index is 2.95. The first-order valence-electron chi connectivity index (χ1n) is 3.69. The Morgan fingerprint density at radius 3 is 2.83 bits per heavy atom. The molecule has 0 amide bonds. The van der Waals surface area contributed by atoms with Gasteiger partial charge in [0.2, 0.25) is 0 Å². The van der Waals surface area contributed by atoms with Gasteiger partial charge in [-0.2, -0.15) is 0 Å². The first kappa shape index (κ1) is 9.33. The predicted molar refractivity (Wildman–Crippen MR) is 54.8 cm³/mol. The third-order valence-electron chi connectivity index (χ3n) is 1.57. The van der Waals surface area contributed by atoms with Crippen LogP contribution in [0.3, 0.4) is 0 Å². The molecule has 0 aliphatic rings. The van der Waals surface area contributed by atoms with Gasteiger partial charge in [-0.15, -0.1) is 0 Å². The van der Waals surface area contributed by atoms with Gasteiger partial charge in [0.15, 0.2) is 0 Å². The number of allylic oxidation sites excluding steroid dienone is 1. The summed E-state index contributed by atoms with van der Waals surface area (Å²) in [6.45, 7) is 2.02. The van der Waals surface area contributed by atoms with Crippen LogP contribution in [0.25, 0.3) is 5.57 Å². The Kier molecular flexibility index (Phi) is 3.35. The topological polar surface area (TPSA) is 9.23 Å². The summed E-state index contributed by atoms with van der Waals surface area (Å²) in [7, 11) is 1.65. The average molecular weight is 227 g/mol. The number of methoxy groups -OCH3 is 1. The lowest BCUT2D eigenvalue weighted by atomic mass is 10.1. The van der Waals surface area contributed by atoms with Gasteiger partial charge in [0.1, 0.15) is 0 Å². The minimum atomic E-state index is 1.09. The third-order valence-corrected chi connectivity index (χ3v) is 2.07. The van der Waals surface area contributed by atoms with Crippen LogP contribution >= 0.6 is 15.9 Å². The maximum Gasteiger partial charge on any atom is 0.0859 e. The van der Waals surface area contributed by atoms with Crippen molar-refractivity contribution >= 4 is 21.5 Å². The standard InChI is InChI=1S/C10H11BrO/c1-8(7-12-2)9-4-3-5-10(11)6-9/h3-7H,1-2H3. The van der Waals surface area contributed by atoms with Crippen LogP contribution < -0.4 is 0 Å². The van der Waals surface area contributed by atoms with Crippen LogP contribution in [0.4, 0.5) is 0 Å². The van der Waals surface area contributed by atoms with E-state index in [1.54, 1.807) is 13.4 Å². The third kappa shape index (κ3) is 2.38. The molecule has 0 spiro atoms. The average Bonchev–Trinajstić information content (AvgIpc) is 2.05. The van der Waals surface area contributed by atoms with Crippen molar-refractivity contribution in [3.05, 3.63) is 40.6 Å². The molecule has 0 saturated carbocycles. The van der Waals surface area contributed by atoms with E-state index in [0.29, 0.717) is 0 Å². The maximum absolute atomic E-state index is 4.92. The predicted octanol–water partition coefficient (Wildman–Crippen LogP) is 3.46. The molecule has 0 aliphatic heterocycles. The lowest BCUT2D eigenvalue weighted by Gasteiger charge is -2.00. The first-order valence-corrected chi connectivity index (χ1v) is 4.49. The van der Waals surface area contributed by atoms with Crippen LogP contribution in [0.1, 0.15) is 12.5 Å². The number of rotatable bonds is 2. The number of benzene rings is 1. The number of hydrogen-bond acceptors (Lipinski definition) is 1. The second kappa shape index (κ2) is 4.31. The fourth-order valence-corrected chi connectivity index (χ4v) is 1.38. The molecule has 0 aliphatic carbocycles. The summed E-state index contributed by atoms with van der Waals surface area (Å²) in [4.78, 5) is 0. The van der Waals surface area contributed by atoms with Crippen LogP contribution in [0, 0.1) is 0 Å². The Labute approximate surface area is 81.2 Å². The zero-order chi connectivity index (χ0) is 8.97. The van der Waals surface area contributed by atoms with Gasteiger partial charge in [0.25, 0.3) is 0 Å². The van der Waals surface area contributed by atoms with Crippen molar-refractivity contribution < 1.29 is 4.74 Å². The van der Waals surface area contributed by atoms with Crippen molar-refractivity contribution in [2.24, 2.45) is 0 Å². The summed E-state index contributed by atoms with van der Waals surface area (Å²) < 4.78 is 6.01. The highest BCUT2D eigenvalue weighted by molar-refractivity contribution is 9.10. The molecule has 0 atom stereocenters. The second-order valence-electron chi connectivity index (χ2n) is 2.55. The van der Waals surface area contributed by atoms with Crippen LogP contribution in [0.2, 0.25) is 0 Å². The van der Waals surface area contributed by atoms with Crippen molar-refractivity contribution in [1.29, 1.82) is 0 Å². The largest absolute Gasteiger partial charge is 0.504 e. The second-order valence-corrected chi connectivity index (χ2v) is 3.46. The Hall–Kier alpha value is -0.760. The maximum atomic E-state index is 4.92. The number of halogens is 1. The van der Waals surface area contributed by atoms with E-state index in [2.05, 4.69) is 28.1 Å². The Morgan fingerprint density at radius 2 is 2.25 bits per heavy atom. The van der Waals surface area contributed by atoms with Crippen LogP contribution in [-0.4, -0.2) is 7.11 Å². The molecule has 0 bridgehead atoms. The molecule has 0 N–H and O–H groups in total. The molecule has 12 heavy (non-hydrogen) atoms. The highest BCUT2D eigenvalue weighted by Gasteiger charge is 1.95. The van der Waals surface area contributed by atoms with Gasteiger partial charge >= 0.3 is 0 Å². The molecule has 0 aromatic heterocycles. The molecular weight excluding hydrogens is 216 g/mol. The molecule has 0 fully saturated rings. The van der Waals surface area contributed by atoms with Gasteiger partial charge < -0.3 is 4.74 Å². The molecule has 64 valence electrons. The van der Waals surface area contributed by atoms with E-state index < -0.39 is 0 Å². The monoisotopic (exact) mass is 226 g/mol. The van der Waals surface area contributed by atoms with Crippen molar-refractivity contribution in [3.63, 3.8) is 0 Å². The molecule has 1 nitrogen and oxygen atoms in total. The lowest BCUT2D eigenvalue weighted by Crippen LogP contribution is -1.80. The van der Waals surface area contributed by atoms with Crippen LogP contribution in [0.15, 0.2) is 35.0 Å². The van der Waals surface area contributed by atoms with E-state index in [1.807, 2.05) is 19.1 Å². The Morgan fingerprint density at radius 1 is 1.50 bits per heavy atom. The minimum absolute atomic E-state index is 1.09. The lowest BCUT2D eigenvalue weighted by molar-refractivity contribution is 0.339. The molecule has 1 aromatic carbocycles. The van der Waals surface area contributed by atoms with Gasteiger partial charge in [0, 0.05) is 4.47 Å². The van der Waals surface area contributed by atoms with Crippen molar-refractivity contribution in [1.82, 2.24) is 0 Å². The highest BCUT2D eigenvalue weighted by Crippen LogP contribution is 2.18. The quantitative estimate of drug-likeness (QED) is 0.703. The van der Waals surface area contributed by atoms with Gasteiger partial charge in [-0.3, -0.25) is 0 Å². The minimum Gasteiger partial charge on any atom is -0.504 e. The fraction of sp³-hybridized carbons (Fsp3) is 0.200. The van der Waals surface area contributed by atoms with E-state index in [0.717, 1.165) is 10.0 Å². The summed E-state index contributed by atoms with van der Waals surface area (Å²) in [6, 6.07) is 8.12. The first-order chi connectivity index (χ1) is 5.74. The molecule has 2 heteroatoms. The van der Waals surface area contributed by atoms with E-state index in [4.69, 9.17) is 4.74 Å². The van der Waals surface area contributed by atoms with Gasteiger partial charge in [-0.25, -0.2) is 0 Å². The number of ether oxygens (including phenoxy) is 1. The van der Waals surface area contributed by atoms with E-state index in [1.165, 1.54) is 5.56 Å². The summed E-state index contributed by atoms with van der Waals surface area (Å²) in [5.74, 6) is 0. The van der Waals surface area contributed by atoms with E-state index in [-0.39, 0.29) is 0 Å². The highest BCUT2D eigenvalue weighted by atomic mass is 79.9. The smallest absolute Gasteiger partial charge is 0.0859 e. The molecule has 0 heterocycles. The van der Waals surface area contributed by atoms with E-state index >= 15 is 0 Å². The molecule has 0 unspecified atom stereocenters. The molecule has 0 radical (unpaired) electrons. The van der Waals surface area contributed by atoms with Crippen LogP contribution in [0.5, 0.6) is 0 Å². The summed E-state index contributed by atoms with van der Waals surface area (Å²) in [5, 5.41) is 0. The zero-order valence-electron chi connectivity index (χ0n) is 7.17. The molecular formula is C10H11BrO. The van der Waals surface area contributed by atoms with E-state index in [9.17, 15) is 0 Å². The van der Waals surface area contributed by atoms with Gasteiger partial charge in [-0.1, -0.05) is 28.1 Å². The molecule has 1 aromatic rings. The summed E-state index contributed by atoms with van der Waals surface area (Å²) in [6.07, 6.45) is 1.74. The fourth-order valence-electron chi connectivity index (χ4n) is 0.979. The SMILES string of the molecule is COC=C(C)c1cccc(Br)c1. The normalized spacial score (nSPS) is 11.4. The van der Waals surface area contributed by atoms with Gasteiger partial charge in [0.05, 0.1) is 13.4 Å². The Bertz CT molecular complexity index is 292. The zero-order valence-corrected chi connectivity index (χ0v) is 8.76. The number of hydrogen-bond donors (Lipinski definition) is 0. The molecule has 0 saturated heterocycles. The summed E-state index contributed by atoms with van der Waals surface area (Å²) in [5.41, 5.74) is 2.30. The van der Waals surface area contributed by atoms with Crippen molar-refractivity contribution in [2.45, 2.75) is 6.92 Å². The van der Waals surface area contributed by atoms with Crippen LogP contribution in [-0.2, 0) is 4.74 Å². The van der Waals surface area contributed by atoms with Gasteiger partial charge in [-0.05, 0) is 30.2 Å². The van der Waals surface area contributed by atoms with Crippen molar-refractivity contribution in [2.75, 3.05) is 7.11 Å². The molecule has 1 rings (SSSR count).